The predicted octanol–water partition coefficient (Wildman–Crippen LogP) is 3.92. The van der Waals surface area contributed by atoms with E-state index in [1.165, 1.54) is 0 Å². The van der Waals surface area contributed by atoms with Gasteiger partial charge in [-0.3, -0.25) is 9.48 Å². The van der Waals surface area contributed by atoms with Gasteiger partial charge in [0.2, 0.25) is 0 Å². The smallest absolute Gasteiger partial charge is 0.258 e. The van der Waals surface area contributed by atoms with Gasteiger partial charge in [-0.1, -0.05) is 41.9 Å². The highest BCUT2D eigenvalue weighted by molar-refractivity contribution is 6.37. The molecule has 2 aromatic heterocycles. The number of anilines is 1. The molecule has 4 aromatic rings. The summed E-state index contributed by atoms with van der Waals surface area (Å²) in [4.78, 5) is 22.5. The van der Waals surface area contributed by atoms with Crippen LogP contribution in [0.1, 0.15) is 22.3 Å². The number of halogens is 1. The number of fused-ring (bicyclic) bond motifs is 1. The average Bonchev–Trinajstić information content (AvgIpc) is 3.50. The van der Waals surface area contributed by atoms with E-state index in [4.69, 9.17) is 16.4 Å². The van der Waals surface area contributed by atoms with Crippen LogP contribution in [0, 0.1) is 0 Å². The molecule has 1 aliphatic rings. The molecule has 2 aromatic carbocycles. The Labute approximate surface area is 202 Å². The largest absolute Gasteiger partial charge is 0.311 e. The fourth-order valence-electron chi connectivity index (χ4n) is 4.09. The predicted molar refractivity (Wildman–Crippen MR) is 133 cm³/mol. The number of rotatable bonds is 7. The summed E-state index contributed by atoms with van der Waals surface area (Å²) in [6.07, 6.45) is 4.56. The molecular weight excluding hydrogens is 452 g/mol. The van der Waals surface area contributed by atoms with Gasteiger partial charge >= 0.3 is 0 Å². The van der Waals surface area contributed by atoms with Gasteiger partial charge in [0.15, 0.2) is 0 Å². The van der Waals surface area contributed by atoms with Crippen molar-refractivity contribution in [3.05, 3.63) is 77.1 Å². The van der Waals surface area contributed by atoms with Gasteiger partial charge in [0.1, 0.15) is 5.82 Å². The molecule has 1 atom stereocenters. The highest BCUT2D eigenvalue weighted by Gasteiger charge is 2.17. The SMILES string of the molecule is Cn1ncc2c(-c3cccc(C(=O)Nc4ccc(CNCC5CCON5)cn4)c3Cl)cccc21. The van der Waals surface area contributed by atoms with Crippen molar-refractivity contribution in [3.8, 4) is 11.1 Å². The second-order valence-corrected chi connectivity index (χ2v) is 8.64. The van der Waals surface area contributed by atoms with Crippen LogP contribution in [-0.2, 0) is 18.4 Å². The molecule has 1 unspecified atom stereocenters. The van der Waals surface area contributed by atoms with Gasteiger partial charge in [0.05, 0.1) is 28.9 Å². The molecule has 0 bridgehead atoms. The molecule has 0 aliphatic carbocycles. The summed E-state index contributed by atoms with van der Waals surface area (Å²) in [5.41, 5.74) is 7.10. The third kappa shape index (κ3) is 4.67. The van der Waals surface area contributed by atoms with Crippen LogP contribution in [0.5, 0.6) is 0 Å². The first-order chi connectivity index (χ1) is 16.6. The third-order valence-electron chi connectivity index (χ3n) is 5.93. The number of hydroxylamine groups is 1. The number of aromatic nitrogens is 3. The molecule has 9 heteroatoms. The Balaban J connectivity index is 1.28. The molecule has 174 valence electrons. The van der Waals surface area contributed by atoms with Crippen molar-refractivity contribution in [3.63, 3.8) is 0 Å². The second-order valence-electron chi connectivity index (χ2n) is 8.26. The first-order valence-corrected chi connectivity index (χ1v) is 11.5. The van der Waals surface area contributed by atoms with E-state index >= 15 is 0 Å². The minimum Gasteiger partial charge on any atom is -0.311 e. The van der Waals surface area contributed by atoms with Crippen LogP contribution in [0.3, 0.4) is 0 Å². The zero-order chi connectivity index (χ0) is 23.5. The number of carbonyl (C=O) groups excluding carboxylic acids is 1. The van der Waals surface area contributed by atoms with Crippen molar-refractivity contribution >= 4 is 34.2 Å². The quantitative estimate of drug-likeness (QED) is 0.374. The maximum absolute atomic E-state index is 13.0. The van der Waals surface area contributed by atoms with Crippen LogP contribution >= 0.6 is 11.6 Å². The average molecular weight is 477 g/mol. The number of benzene rings is 2. The number of nitrogens with zero attached hydrogens (tertiary/aromatic N) is 3. The number of amides is 1. The van der Waals surface area contributed by atoms with Crippen molar-refractivity contribution in [1.29, 1.82) is 0 Å². The van der Waals surface area contributed by atoms with Crippen LogP contribution in [-0.4, -0.2) is 39.9 Å². The molecule has 1 amide bonds. The van der Waals surface area contributed by atoms with Crippen LogP contribution in [0.15, 0.2) is 60.9 Å². The summed E-state index contributed by atoms with van der Waals surface area (Å²) in [6.45, 7) is 2.25. The summed E-state index contributed by atoms with van der Waals surface area (Å²) >= 11 is 6.72. The molecule has 0 spiro atoms. The first kappa shape index (κ1) is 22.5. The summed E-state index contributed by atoms with van der Waals surface area (Å²) in [7, 11) is 1.90. The van der Waals surface area contributed by atoms with Gasteiger partial charge in [-0.2, -0.15) is 10.6 Å². The Morgan fingerprint density at radius 1 is 1.18 bits per heavy atom. The van der Waals surface area contributed by atoms with Gasteiger partial charge in [0, 0.05) is 43.3 Å². The Hall–Kier alpha value is -3.30. The molecule has 1 fully saturated rings. The maximum atomic E-state index is 13.0. The topological polar surface area (TPSA) is 93.1 Å². The van der Waals surface area contributed by atoms with Crippen molar-refractivity contribution in [2.24, 2.45) is 7.05 Å². The zero-order valence-electron chi connectivity index (χ0n) is 18.7. The fraction of sp³-hybridized carbons (Fsp3) is 0.240. The molecule has 3 N–H and O–H groups in total. The molecule has 8 nitrogen and oxygen atoms in total. The van der Waals surface area contributed by atoms with Crippen LogP contribution < -0.4 is 16.1 Å². The van der Waals surface area contributed by atoms with E-state index in [-0.39, 0.29) is 5.91 Å². The molecule has 1 aliphatic heterocycles. The summed E-state index contributed by atoms with van der Waals surface area (Å²) in [5.74, 6) is 0.159. The number of carbonyl (C=O) groups is 1. The van der Waals surface area contributed by atoms with Crippen molar-refractivity contribution in [2.45, 2.75) is 19.0 Å². The normalized spacial score (nSPS) is 15.6. The van der Waals surface area contributed by atoms with Crippen LogP contribution in [0.4, 0.5) is 5.82 Å². The van der Waals surface area contributed by atoms with E-state index in [9.17, 15) is 4.79 Å². The summed E-state index contributed by atoms with van der Waals surface area (Å²) in [5, 5.41) is 11.9. The molecule has 5 rings (SSSR count). The molecule has 0 saturated carbocycles. The standard InChI is InChI=1S/C25H25ClN6O2/c1-32-22-7-3-4-18(21(22)15-29-32)19-5-2-6-20(24(19)26)25(33)30-23-9-8-16(13-28-23)12-27-14-17-10-11-34-31-17/h2-9,13,15,17,27,31H,10-12,14H2,1H3,(H,28,30,33). The van der Waals surface area contributed by atoms with Gasteiger partial charge in [-0.05, 0) is 35.7 Å². The lowest BCUT2D eigenvalue weighted by atomic mass is 9.99. The highest BCUT2D eigenvalue weighted by atomic mass is 35.5. The number of hydrogen-bond donors (Lipinski definition) is 3. The zero-order valence-corrected chi connectivity index (χ0v) is 19.5. The Bertz CT molecular complexity index is 1310. The van der Waals surface area contributed by atoms with Crippen LogP contribution in [0.25, 0.3) is 22.0 Å². The minimum absolute atomic E-state index is 0.309. The Kier molecular flexibility index (Phi) is 6.55. The lowest BCUT2D eigenvalue weighted by Gasteiger charge is -2.12. The summed E-state index contributed by atoms with van der Waals surface area (Å²) < 4.78 is 1.81. The lowest BCUT2D eigenvalue weighted by Crippen LogP contribution is -2.33. The van der Waals surface area contributed by atoms with E-state index < -0.39 is 0 Å². The Morgan fingerprint density at radius 3 is 2.82 bits per heavy atom. The van der Waals surface area contributed by atoms with Gasteiger partial charge in [0.25, 0.3) is 5.91 Å². The molecule has 34 heavy (non-hydrogen) atoms. The number of aryl methyl sites for hydroxylation is 1. The van der Waals surface area contributed by atoms with Gasteiger partial charge in [-0.15, -0.1) is 0 Å². The lowest BCUT2D eigenvalue weighted by molar-refractivity contribution is 0.0880. The van der Waals surface area contributed by atoms with E-state index in [1.54, 1.807) is 18.3 Å². The second kappa shape index (κ2) is 9.90. The van der Waals surface area contributed by atoms with E-state index in [1.807, 2.05) is 54.3 Å². The molecular formula is C25H25ClN6O2. The molecule has 3 heterocycles. The van der Waals surface area contributed by atoms with Gasteiger partial charge < -0.3 is 15.5 Å². The number of pyridine rings is 1. The van der Waals surface area contributed by atoms with Crippen molar-refractivity contribution < 1.29 is 9.63 Å². The Morgan fingerprint density at radius 2 is 2.03 bits per heavy atom. The van der Waals surface area contributed by atoms with E-state index in [2.05, 4.69) is 26.2 Å². The van der Waals surface area contributed by atoms with Crippen molar-refractivity contribution in [1.82, 2.24) is 25.6 Å². The number of hydrogen-bond acceptors (Lipinski definition) is 6. The van der Waals surface area contributed by atoms with Crippen LogP contribution in [0.2, 0.25) is 5.02 Å². The molecule has 0 radical (unpaired) electrons. The molecule has 1 saturated heterocycles. The van der Waals surface area contributed by atoms with Crippen molar-refractivity contribution in [2.75, 3.05) is 18.5 Å². The van der Waals surface area contributed by atoms with E-state index in [0.29, 0.717) is 29.0 Å². The summed E-state index contributed by atoms with van der Waals surface area (Å²) in [6, 6.07) is 15.5. The number of nitrogens with one attached hydrogen (secondary N) is 3. The van der Waals surface area contributed by atoms with Gasteiger partial charge in [-0.25, -0.2) is 4.98 Å². The first-order valence-electron chi connectivity index (χ1n) is 11.1. The maximum Gasteiger partial charge on any atom is 0.258 e. The fourth-order valence-corrected chi connectivity index (χ4v) is 4.40. The minimum atomic E-state index is -0.309. The highest BCUT2D eigenvalue weighted by Crippen LogP contribution is 2.35. The van der Waals surface area contributed by atoms with E-state index in [0.717, 1.165) is 47.2 Å². The third-order valence-corrected chi connectivity index (χ3v) is 6.34. The monoisotopic (exact) mass is 476 g/mol.